The van der Waals surface area contributed by atoms with E-state index >= 15 is 0 Å². The Kier molecular flexibility index (Phi) is 4.71. The van der Waals surface area contributed by atoms with Crippen molar-refractivity contribution in [3.63, 3.8) is 0 Å². The van der Waals surface area contributed by atoms with Crippen molar-refractivity contribution in [3.8, 4) is 11.1 Å². The van der Waals surface area contributed by atoms with Gasteiger partial charge in [0.2, 0.25) is 0 Å². The van der Waals surface area contributed by atoms with Crippen LogP contribution < -0.4 is 11.1 Å². The Morgan fingerprint density at radius 3 is 2.46 bits per heavy atom. The Balaban J connectivity index is 2.07. The van der Waals surface area contributed by atoms with Gasteiger partial charge in [-0.15, -0.1) is 0 Å². The molecular weight excluding hydrogens is 298 g/mol. The molecule has 2 heterocycles. The lowest BCUT2D eigenvalue weighted by atomic mass is 10.0. The van der Waals surface area contributed by atoms with Gasteiger partial charge in [-0.3, -0.25) is 4.98 Å². The molecule has 0 amide bonds. The average Bonchev–Trinajstić information content (AvgIpc) is 2.60. The Labute approximate surface area is 142 Å². The standard InChI is InChI=1S/C19H23N5/c1-12(2)10-16(20)19-23-17-5-4-14(13-6-8-22-9-7-13)11-15(17)18(21-3)24-19/h4-9,11-12,16H,10,20H2,1-3H3,(H,21,23,24). The summed E-state index contributed by atoms with van der Waals surface area (Å²) in [5.74, 6) is 2.01. The molecule has 0 aliphatic rings. The maximum Gasteiger partial charge on any atom is 0.148 e. The number of nitrogens with two attached hydrogens (primary N) is 1. The summed E-state index contributed by atoms with van der Waals surface area (Å²) < 4.78 is 0. The predicted molar refractivity (Wildman–Crippen MR) is 98.7 cm³/mol. The highest BCUT2D eigenvalue weighted by Gasteiger charge is 2.15. The third kappa shape index (κ3) is 3.36. The fraction of sp³-hybridized carbons (Fsp3) is 0.316. The molecule has 2 aromatic heterocycles. The summed E-state index contributed by atoms with van der Waals surface area (Å²) in [5, 5.41) is 4.17. The number of aromatic nitrogens is 3. The minimum absolute atomic E-state index is 0.152. The lowest BCUT2D eigenvalue weighted by molar-refractivity contribution is 0.494. The van der Waals surface area contributed by atoms with E-state index < -0.39 is 0 Å². The molecule has 0 bridgehead atoms. The van der Waals surface area contributed by atoms with Gasteiger partial charge in [0.05, 0.1) is 11.6 Å². The molecule has 5 nitrogen and oxygen atoms in total. The third-order valence-electron chi connectivity index (χ3n) is 4.02. The zero-order valence-electron chi connectivity index (χ0n) is 14.3. The minimum atomic E-state index is -0.152. The van der Waals surface area contributed by atoms with Crippen LogP contribution in [-0.4, -0.2) is 22.0 Å². The first kappa shape index (κ1) is 16.3. The Morgan fingerprint density at radius 1 is 1.04 bits per heavy atom. The van der Waals surface area contributed by atoms with Crippen LogP contribution in [0.25, 0.3) is 22.0 Å². The van der Waals surface area contributed by atoms with Gasteiger partial charge < -0.3 is 11.1 Å². The molecule has 1 atom stereocenters. The summed E-state index contributed by atoms with van der Waals surface area (Å²) in [7, 11) is 1.87. The highest BCUT2D eigenvalue weighted by molar-refractivity contribution is 5.92. The van der Waals surface area contributed by atoms with Crippen LogP contribution in [0.1, 0.15) is 32.1 Å². The summed E-state index contributed by atoms with van der Waals surface area (Å²) in [5.41, 5.74) is 9.41. The molecule has 0 saturated heterocycles. The zero-order chi connectivity index (χ0) is 17.1. The second kappa shape index (κ2) is 6.93. The van der Waals surface area contributed by atoms with Gasteiger partial charge in [-0.2, -0.15) is 0 Å². The van der Waals surface area contributed by atoms with E-state index in [0.717, 1.165) is 34.3 Å². The van der Waals surface area contributed by atoms with Gasteiger partial charge in [0.15, 0.2) is 0 Å². The minimum Gasteiger partial charge on any atom is -0.373 e. The van der Waals surface area contributed by atoms with Gasteiger partial charge in [0, 0.05) is 24.8 Å². The number of rotatable bonds is 5. The number of pyridine rings is 1. The van der Waals surface area contributed by atoms with Crippen molar-refractivity contribution in [1.29, 1.82) is 0 Å². The summed E-state index contributed by atoms with van der Waals surface area (Å²) >= 11 is 0. The van der Waals surface area contributed by atoms with Gasteiger partial charge in [-0.1, -0.05) is 19.9 Å². The average molecular weight is 321 g/mol. The van der Waals surface area contributed by atoms with Crippen molar-refractivity contribution in [2.75, 3.05) is 12.4 Å². The molecule has 0 spiro atoms. The fourth-order valence-corrected chi connectivity index (χ4v) is 2.84. The number of hydrogen-bond donors (Lipinski definition) is 2. The SMILES string of the molecule is CNc1nc(C(N)CC(C)C)nc2ccc(-c3ccncc3)cc12. The van der Waals surface area contributed by atoms with Gasteiger partial charge in [-0.25, -0.2) is 9.97 Å². The Bertz CT molecular complexity index is 830. The van der Waals surface area contributed by atoms with Crippen molar-refractivity contribution < 1.29 is 0 Å². The van der Waals surface area contributed by atoms with Crippen LogP contribution in [0.4, 0.5) is 5.82 Å². The summed E-state index contributed by atoms with van der Waals surface area (Å²) in [6.07, 6.45) is 4.45. The molecule has 3 aromatic rings. The lowest BCUT2D eigenvalue weighted by Crippen LogP contribution is -2.17. The van der Waals surface area contributed by atoms with Crippen molar-refractivity contribution in [2.45, 2.75) is 26.3 Å². The Hall–Kier alpha value is -2.53. The van der Waals surface area contributed by atoms with E-state index in [0.29, 0.717) is 11.7 Å². The first-order chi connectivity index (χ1) is 11.6. The molecule has 24 heavy (non-hydrogen) atoms. The molecule has 0 fully saturated rings. The van der Waals surface area contributed by atoms with Crippen molar-refractivity contribution in [1.82, 2.24) is 15.0 Å². The molecule has 0 saturated carbocycles. The van der Waals surface area contributed by atoms with E-state index in [2.05, 4.69) is 46.2 Å². The monoisotopic (exact) mass is 321 g/mol. The van der Waals surface area contributed by atoms with E-state index in [1.807, 2.05) is 25.2 Å². The number of anilines is 1. The van der Waals surface area contributed by atoms with Crippen LogP contribution in [0.15, 0.2) is 42.7 Å². The number of hydrogen-bond acceptors (Lipinski definition) is 5. The van der Waals surface area contributed by atoms with Crippen LogP contribution in [-0.2, 0) is 0 Å². The van der Waals surface area contributed by atoms with E-state index in [4.69, 9.17) is 5.73 Å². The summed E-state index contributed by atoms with van der Waals surface area (Å²) in [6.45, 7) is 4.31. The molecular formula is C19H23N5. The van der Waals surface area contributed by atoms with Gasteiger partial charge >= 0.3 is 0 Å². The van der Waals surface area contributed by atoms with Crippen LogP contribution >= 0.6 is 0 Å². The number of nitrogens with zero attached hydrogens (tertiary/aromatic N) is 3. The predicted octanol–water partition coefficient (Wildman–Crippen LogP) is 3.78. The van der Waals surface area contributed by atoms with Crippen LogP contribution in [0.3, 0.4) is 0 Å². The molecule has 1 unspecified atom stereocenters. The van der Waals surface area contributed by atoms with Crippen LogP contribution in [0, 0.1) is 5.92 Å². The quantitative estimate of drug-likeness (QED) is 0.748. The molecule has 0 radical (unpaired) electrons. The maximum absolute atomic E-state index is 6.27. The smallest absolute Gasteiger partial charge is 0.148 e. The van der Waals surface area contributed by atoms with E-state index in [-0.39, 0.29) is 6.04 Å². The largest absolute Gasteiger partial charge is 0.373 e. The first-order valence-electron chi connectivity index (χ1n) is 8.24. The second-order valence-electron chi connectivity index (χ2n) is 6.38. The van der Waals surface area contributed by atoms with E-state index in [1.54, 1.807) is 12.4 Å². The molecule has 3 rings (SSSR count). The molecule has 0 aliphatic heterocycles. The van der Waals surface area contributed by atoms with Crippen molar-refractivity contribution >= 4 is 16.7 Å². The lowest BCUT2D eigenvalue weighted by Gasteiger charge is -2.15. The van der Waals surface area contributed by atoms with Gasteiger partial charge in [0.1, 0.15) is 11.6 Å². The number of nitrogens with one attached hydrogen (secondary N) is 1. The highest BCUT2D eigenvalue weighted by atomic mass is 15.0. The van der Waals surface area contributed by atoms with E-state index in [1.165, 1.54) is 0 Å². The molecule has 3 N–H and O–H groups in total. The summed E-state index contributed by atoms with van der Waals surface area (Å²) in [4.78, 5) is 13.4. The van der Waals surface area contributed by atoms with E-state index in [9.17, 15) is 0 Å². The molecule has 0 aliphatic carbocycles. The Morgan fingerprint density at radius 2 is 1.79 bits per heavy atom. The van der Waals surface area contributed by atoms with Crippen molar-refractivity contribution in [3.05, 3.63) is 48.5 Å². The van der Waals surface area contributed by atoms with Crippen LogP contribution in [0.2, 0.25) is 0 Å². The third-order valence-corrected chi connectivity index (χ3v) is 4.02. The number of fused-ring (bicyclic) bond motifs is 1. The normalized spacial score (nSPS) is 12.5. The first-order valence-corrected chi connectivity index (χ1v) is 8.24. The van der Waals surface area contributed by atoms with Gasteiger partial charge in [0.25, 0.3) is 0 Å². The molecule has 5 heteroatoms. The van der Waals surface area contributed by atoms with Crippen LogP contribution in [0.5, 0.6) is 0 Å². The van der Waals surface area contributed by atoms with Crippen molar-refractivity contribution in [2.24, 2.45) is 11.7 Å². The topological polar surface area (TPSA) is 76.7 Å². The maximum atomic E-state index is 6.27. The summed E-state index contributed by atoms with van der Waals surface area (Å²) in [6, 6.07) is 10.0. The molecule has 124 valence electrons. The van der Waals surface area contributed by atoms with Gasteiger partial charge in [-0.05, 0) is 47.7 Å². The number of benzene rings is 1. The zero-order valence-corrected chi connectivity index (χ0v) is 14.3. The fourth-order valence-electron chi connectivity index (χ4n) is 2.84. The highest BCUT2D eigenvalue weighted by Crippen LogP contribution is 2.28. The second-order valence-corrected chi connectivity index (χ2v) is 6.38. The molecule has 1 aromatic carbocycles.